The second kappa shape index (κ2) is 10.2. The first-order valence-electron chi connectivity index (χ1n) is 10.6. The van der Waals surface area contributed by atoms with Gasteiger partial charge in [-0.1, -0.05) is 32.6 Å². The van der Waals surface area contributed by atoms with Crippen molar-refractivity contribution in [1.82, 2.24) is 4.31 Å². The lowest BCUT2D eigenvalue weighted by atomic mass is 9.94. The Labute approximate surface area is 190 Å². The number of methoxy groups -OCH3 is 1. The number of carbonyl (C=O) groups is 1. The second-order valence-corrected chi connectivity index (χ2v) is 10.1. The average molecular weight is 459 g/mol. The Bertz CT molecular complexity index is 1070. The van der Waals surface area contributed by atoms with Crippen LogP contribution in [0.4, 0.5) is 5.69 Å². The van der Waals surface area contributed by atoms with Crippen LogP contribution in [0.5, 0.6) is 11.5 Å². The van der Waals surface area contributed by atoms with E-state index in [-0.39, 0.29) is 28.0 Å². The summed E-state index contributed by atoms with van der Waals surface area (Å²) in [4.78, 5) is 12.9. The zero-order valence-electron chi connectivity index (χ0n) is 18.7. The van der Waals surface area contributed by atoms with Crippen LogP contribution in [0, 0.1) is 11.8 Å². The topological polar surface area (TPSA) is 84.9 Å². The van der Waals surface area contributed by atoms with Gasteiger partial charge in [0, 0.05) is 30.4 Å². The van der Waals surface area contributed by atoms with Crippen molar-refractivity contribution in [2.75, 3.05) is 32.1 Å². The molecular weight excluding hydrogens is 428 g/mol. The molecule has 0 bridgehead atoms. The quantitative estimate of drug-likeness (QED) is 0.600. The van der Waals surface area contributed by atoms with E-state index < -0.39 is 15.9 Å². The highest BCUT2D eigenvalue weighted by atomic mass is 32.2. The molecule has 172 valence electrons. The van der Waals surface area contributed by atoms with Crippen molar-refractivity contribution >= 4 is 21.6 Å². The van der Waals surface area contributed by atoms with E-state index in [9.17, 15) is 13.2 Å². The predicted octanol–water partition coefficient (Wildman–Crippen LogP) is 4.18. The zero-order valence-corrected chi connectivity index (χ0v) is 19.5. The number of piperidine rings is 1. The van der Waals surface area contributed by atoms with Crippen LogP contribution in [0.15, 0.2) is 60.0 Å². The minimum atomic E-state index is -3.82. The van der Waals surface area contributed by atoms with Crippen LogP contribution in [0.2, 0.25) is 0 Å². The summed E-state index contributed by atoms with van der Waals surface area (Å²) < 4.78 is 39.2. The minimum absolute atomic E-state index is 0.00276. The molecule has 1 heterocycles. The third-order valence-electron chi connectivity index (χ3n) is 5.34. The van der Waals surface area contributed by atoms with E-state index in [0.717, 1.165) is 6.42 Å². The molecule has 1 N–H and O–H groups in total. The maximum atomic E-state index is 13.4. The Hall–Kier alpha value is -2.84. The number of sulfonamides is 1. The van der Waals surface area contributed by atoms with E-state index in [1.54, 1.807) is 36.4 Å². The number of nitrogens with one attached hydrogen (secondary N) is 1. The van der Waals surface area contributed by atoms with Crippen LogP contribution < -0.4 is 14.8 Å². The molecule has 1 aliphatic heterocycles. The summed E-state index contributed by atoms with van der Waals surface area (Å²) in [6, 6.07) is 11.4. The summed E-state index contributed by atoms with van der Waals surface area (Å²) >= 11 is 0. The van der Waals surface area contributed by atoms with Crippen molar-refractivity contribution in [3.05, 3.63) is 60.7 Å². The van der Waals surface area contributed by atoms with Crippen LogP contribution in [-0.4, -0.2) is 45.4 Å². The van der Waals surface area contributed by atoms with Gasteiger partial charge in [-0.05, 0) is 48.6 Å². The Morgan fingerprint density at radius 3 is 2.56 bits per heavy atom. The molecule has 2 aromatic rings. The smallest absolute Gasteiger partial charge is 0.255 e. The monoisotopic (exact) mass is 458 g/mol. The molecular formula is C24H30N2O5S. The van der Waals surface area contributed by atoms with Gasteiger partial charge in [-0.2, -0.15) is 4.31 Å². The number of ether oxygens (including phenoxy) is 2. The van der Waals surface area contributed by atoms with Crippen molar-refractivity contribution in [1.29, 1.82) is 0 Å². The number of benzene rings is 2. The van der Waals surface area contributed by atoms with E-state index in [1.165, 1.54) is 23.5 Å². The van der Waals surface area contributed by atoms with Crippen molar-refractivity contribution in [3.8, 4) is 11.5 Å². The molecule has 8 heteroatoms. The highest BCUT2D eigenvalue weighted by Gasteiger charge is 2.34. The molecule has 2 aromatic carbocycles. The Kier molecular flexibility index (Phi) is 7.58. The standard InChI is InChI=1S/C24H30N2O5S/c1-5-11-31-21-8-6-7-20(14-21)25-24(27)19-9-10-22(30-4)23(13-19)32(28,29)26-15-17(2)12-18(3)16-26/h5-10,13-14,17-18H,1,11-12,15-16H2,2-4H3,(H,25,27). The Balaban J connectivity index is 1.87. The number of carbonyl (C=O) groups excluding carboxylic acids is 1. The average Bonchev–Trinajstić information content (AvgIpc) is 2.76. The molecule has 7 nitrogen and oxygen atoms in total. The van der Waals surface area contributed by atoms with Crippen molar-refractivity contribution in [3.63, 3.8) is 0 Å². The molecule has 2 unspecified atom stereocenters. The van der Waals surface area contributed by atoms with Crippen molar-refractivity contribution in [2.45, 2.75) is 25.2 Å². The molecule has 0 spiro atoms. The van der Waals surface area contributed by atoms with Gasteiger partial charge < -0.3 is 14.8 Å². The van der Waals surface area contributed by atoms with Crippen molar-refractivity contribution in [2.24, 2.45) is 11.8 Å². The molecule has 2 atom stereocenters. The van der Waals surface area contributed by atoms with Gasteiger partial charge in [0.2, 0.25) is 10.0 Å². The summed E-state index contributed by atoms with van der Waals surface area (Å²) in [6.07, 6.45) is 2.62. The first-order chi connectivity index (χ1) is 15.2. The summed E-state index contributed by atoms with van der Waals surface area (Å²) in [6.45, 7) is 8.96. The van der Waals surface area contributed by atoms with Gasteiger partial charge in [0.05, 0.1) is 7.11 Å². The Morgan fingerprint density at radius 1 is 1.19 bits per heavy atom. The third kappa shape index (κ3) is 5.49. The number of nitrogens with zero attached hydrogens (tertiary/aromatic N) is 1. The number of anilines is 1. The molecule has 0 aromatic heterocycles. The molecule has 0 saturated carbocycles. The lowest BCUT2D eigenvalue weighted by molar-refractivity contribution is 0.102. The first kappa shape index (κ1) is 23.8. The molecule has 1 fully saturated rings. The molecule has 1 amide bonds. The fourth-order valence-corrected chi connectivity index (χ4v) is 5.84. The van der Waals surface area contributed by atoms with E-state index in [4.69, 9.17) is 9.47 Å². The fraction of sp³-hybridized carbons (Fsp3) is 0.375. The molecule has 32 heavy (non-hydrogen) atoms. The fourth-order valence-electron chi connectivity index (χ4n) is 3.98. The minimum Gasteiger partial charge on any atom is -0.495 e. The molecule has 0 aliphatic carbocycles. The summed E-state index contributed by atoms with van der Waals surface area (Å²) in [7, 11) is -2.40. The van der Waals surface area contributed by atoms with Crippen molar-refractivity contribution < 1.29 is 22.7 Å². The zero-order chi connectivity index (χ0) is 23.3. The van der Waals surface area contributed by atoms with Gasteiger partial charge in [-0.3, -0.25) is 4.79 Å². The normalized spacial score (nSPS) is 19.2. The predicted molar refractivity (Wildman–Crippen MR) is 125 cm³/mol. The van der Waals surface area contributed by atoms with Crippen LogP contribution in [0.3, 0.4) is 0 Å². The number of hydrogen-bond donors (Lipinski definition) is 1. The van der Waals surface area contributed by atoms with Gasteiger partial charge in [-0.25, -0.2) is 8.42 Å². The lowest BCUT2D eigenvalue weighted by Gasteiger charge is -2.34. The van der Waals surface area contributed by atoms with Crippen LogP contribution in [0.1, 0.15) is 30.6 Å². The second-order valence-electron chi connectivity index (χ2n) is 8.22. The number of hydrogen-bond acceptors (Lipinski definition) is 5. The van der Waals surface area contributed by atoms with Crippen LogP contribution >= 0.6 is 0 Å². The molecule has 1 saturated heterocycles. The van der Waals surface area contributed by atoms with E-state index >= 15 is 0 Å². The molecule has 1 aliphatic rings. The van der Waals surface area contributed by atoms with Gasteiger partial charge in [0.1, 0.15) is 23.0 Å². The number of amides is 1. The largest absolute Gasteiger partial charge is 0.495 e. The van der Waals surface area contributed by atoms with E-state index in [0.29, 0.717) is 31.1 Å². The third-order valence-corrected chi connectivity index (χ3v) is 7.19. The summed E-state index contributed by atoms with van der Waals surface area (Å²) in [5.41, 5.74) is 0.760. The summed E-state index contributed by atoms with van der Waals surface area (Å²) in [5, 5.41) is 2.79. The van der Waals surface area contributed by atoms with E-state index in [1.807, 2.05) is 13.8 Å². The van der Waals surface area contributed by atoms with Gasteiger partial charge in [0.25, 0.3) is 5.91 Å². The van der Waals surface area contributed by atoms with Gasteiger partial charge in [-0.15, -0.1) is 0 Å². The van der Waals surface area contributed by atoms with Gasteiger partial charge >= 0.3 is 0 Å². The maximum absolute atomic E-state index is 13.4. The van der Waals surface area contributed by atoms with Crippen LogP contribution in [0.25, 0.3) is 0 Å². The maximum Gasteiger partial charge on any atom is 0.255 e. The van der Waals surface area contributed by atoms with E-state index in [2.05, 4.69) is 11.9 Å². The highest BCUT2D eigenvalue weighted by molar-refractivity contribution is 7.89. The summed E-state index contributed by atoms with van der Waals surface area (Å²) in [5.74, 6) is 0.912. The lowest BCUT2D eigenvalue weighted by Crippen LogP contribution is -2.42. The first-order valence-corrected chi connectivity index (χ1v) is 12.0. The SMILES string of the molecule is C=CCOc1cccc(NC(=O)c2ccc(OC)c(S(=O)(=O)N3CC(C)CC(C)C3)c2)c1. The van der Waals surface area contributed by atoms with Gasteiger partial charge in [0.15, 0.2) is 0 Å². The highest BCUT2D eigenvalue weighted by Crippen LogP contribution is 2.32. The molecule has 0 radical (unpaired) electrons. The van der Waals surface area contributed by atoms with Crippen LogP contribution in [-0.2, 0) is 10.0 Å². The number of rotatable bonds is 8. The molecule has 3 rings (SSSR count). The Morgan fingerprint density at radius 2 is 1.91 bits per heavy atom.